The van der Waals surface area contributed by atoms with Crippen LogP contribution in [0, 0.1) is 0 Å². The molecule has 0 radical (unpaired) electrons. The van der Waals surface area contributed by atoms with Crippen molar-refractivity contribution >= 4 is 5.97 Å². The molecule has 0 aliphatic heterocycles. The minimum absolute atomic E-state index is 0.140. The lowest BCUT2D eigenvalue weighted by Gasteiger charge is -2.19. The lowest BCUT2D eigenvalue weighted by atomic mass is 10.3. The molecule has 0 heterocycles. The van der Waals surface area contributed by atoms with E-state index < -0.39 is 11.8 Å². The third-order valence-electron chi connectivity index (χ3n) is 0.983. The predicted molar refractivity (Wildman–Crippen MR) is 34.3 cm³/mol. The summed E-state index contributed by atoms with van der Waals surface area (Å²) in [5.74, 6) is -1.80. The number of carbonyl (C=O) groups is 1. The maximum Gasteiger partial charge on any atom is 0.302 e. The van der Waals surface area contributed by atoms with Gasteiger partial charge < -0.3 is 14.6 Å². The molecule has 0 rings (SSSR count). The lowest BCUT2D eigenvalue weighted by Crippen LogP contribution is -2.33. The van der Waals surface area contributed by atoms with E-state index in [0.29, 0.717) is 0 Å². The van der Waals surface area contributed by atoms with Crippen LogP contribution in [0.15, 0.2) is 0 Å². The Balaban J connectivity index is 3.56. The first-order chi connectivity index (χ1) is 4.48. The number of hydrogen-bond donors (Lipinski definition) is 1. The highest BCUT2D eigenvalue weighted by atomic mass is 16.6. The zero-order chi connectivity index (χ0) is 8.20. The molecule has 0 aromatic rings. The smallest absolute Gasteiger partial charge is 0.302 e. The third kappa shape index (κ3) is 4.29. The molecule has 60 valence electrons. The summed E-state index contributed by atoms with van der Waals surface area (Å²) in [7, 11) is 1.34. The molecule has 0 saturated heterocycles. The van der Waals surface area contributed by atoms with Gasteiger partial charge in [0, 0.05) is 14.0 Å². The van der Waals surface area contributed by atoms with Crippen LogP contribution >= 0.6 is 0 Å². The average Bonchev–Trinajstić information content (AvgIpc) is 1.85. The maximum absolute atomic E-state index is 10.2. The van der Waals surface area contributed by atoms with Crippen molar-refractivity contribution in [3.8, 4) is 0 Å². The minimum Gasteiger partial charge on any atom is -0.460 e. The second kappa shape index (κ2) is 3.53. The van der Waals surface area contributed by atoms with Gasteiger partial charge in [-0.1, -0.05) is 0 Å². The summed E-state index contributed by atoms with van der Waals surface area (Å²) in [6, 6.07) is 0. The molecule has 4 heteroatoms. The van der Waals surface area contributed by atoms with Gasteiger partial charge in [0.1, 0.15) is 6.61 Å². The Bertz CT molecular complexity index is 119. The zero-order valence-electron chi connectivity index (χ0n) is 6.38. The van der Waals surface area contributed by atoms with Gasteiger partial charge in [0.2, 0.25) is 0 Å². The van der Waals surface area contributed by atoms with Crippen LogP contribution in [0.5, 0.6) is 0 Å². The molecular formula is C6H12O4. The number of esters is 1. The Morgan fingerprint density at radius 1 is 1.70 bits per heavy atom. The van der Waals surface area contributed by atoms with Crippen LogP contribution in [0.3, 0.4) is 0 Å². The van der Waals surface area contributed by atoms with Crippen LogP contribution in [0.4, 0.5) is 0 Å². The Morgan fingerprint density at radius 3 is 2.50 bits per heavy atom. The van der Waals surface area contributed by atoms with E-state index >= 15 is 0 Å². The SMILES string of the molecule is COC(C)(O)COC(C)=O. The molecule has 0 aromatic heterocycles. The number of aliphatic hydroxyl groups is 1. The van der Waals surface area contributed by atoms with Crippen molar-refractivity contribution in [2.75, 3.05) is 13.7 Å². The van der Waals surface area contributed by atoms with Crippen molar-refractivity contribution in [2.24, 2.45) is 0 Å². The standard InChI is InChI=1S/C6H12O4/c1-5(7)10-4-6(2,8)9-3/h8H,4H2,1-3H3. The molecule has 0 fully saturated rings. The number of carbonyl (C=O) groups excluding carboxylic acids is 1. The van der Waals surface area contributed by atoms with Crippen LogP contribution in [-0.4, -0.2) is 30.6 Å². The first kappa shape index (κ1) is 9.39. The molecule has 4 nitrogen and oxygen atoms in total. The van der Waals surface area contributed by atoms with E-state index in [-0.39, 0.29) is 6.61 Å². The van der Waals surface area contributed by atoms with E-state index in [1.54, 1.807) is 0 Å². The first-order valence-corrected chi connectivity index (χ1v) is 2.89. The summed E-state index contributed by atoms with van der Waals surface area (Å²) in [6.45, 7) is 2.54. The van der Waals surface area contributed by atoms with E-state index in [4.69, 9.17) is 5.11 Å². The largest absolute Gasteiger partial charge is 0.460 e. The quantitative estimate of drug-likeness (QED) is 0.448. The Hall–Kier alpha value is -0.610. The first-order valence-electron chi connectivity index (χ1n) is 2.89. The summed E-state index contributed by atoms with van der Waals surface area (Å²) in [6.07, 6.45) is 0. The van der Waals surface area contributed by atoms with Crippen molar-refractivity contribution in [1.82, 2.24) is 0 Å². The van der Waals surface area contributed by atoms with Crippen molar-refractivity contribution in [1.29, 1.82) is 0 Å². The molecule has 0 saturated carbocycles. The molecule has 1 atom stereocenters. The molecule has 10 heavy (non-hydrogen) atoms. The molecule has 0 aliphatic carbocycles. The molecule has 0 aliphatic rings. The molecule has 0 aromatic carbocycles. The summed E-state index contributed by atoms with van der Waals surface area (Å²) in [5, 5.41) is 9.07. The van der Waals surface area contributed by atoms with Gasteiger partial charge in [0.15, 0.2) is 5.79 Å². The second-order valence-corrected chi connectivity index (χ2v) is 2.16. The fourth-order valence-electron chi connectivity index (χ4n) is 0.294. The van der Waals surface area contributed by atoms with Crippen LogP contribution in [-0.2, 0) is 14.3 Å². The van der Waals surface area contributed by atoms with E-state index in [2.05, 4.69) is 9.47 Å². The molecule has 0 bridgehead atoms. The molecule has 1 N–H and O–H groups in total. The number of ether oxygens (including phenoxy) is 2. The Morgan fingerprint density at radius 2 is 2.20 bits per heavy atom. The van der Waals surface area contributed by atoms with Crippen molar-refractivity contribution in [2.45, 2.75) is 19.6 Å². The van der Waals surface area contributed by atoms with Crippen molar-refractivity contribution < 1.29 is 19.4 Å². The van der Waals surface area contributed by atoms with E-state index in [1.807, 2.05) is 0 Å². The highest BCUT2D eigenvalue weighted by molar-refractivity contribution is 5.65. The fraction of sp³-hybridized carbons (Fsp3) is 0.833. The van der Waals surface area contributed by atoms with E-state index in [9.17, 15) is 4.79 Å². The van der Waals surface area contributed by atoms with Gasteiger partial charge in [-0.2, -0.15) is 0 Å². The number of hydrogen-bond acceptors (Lipinski definition) is 4. The maximum atomic E-state index is 10.2. The highest BCUT2D eigenvalue weighted by Crippen LogP contribution is 2.03. The van der Waals surface area contributed by atoms with Gasteiger partial charge in [-0.15, -0.1) is 0 Å². The Kier molecular flexibility index (Phi) is 3.32. The predicted octanol–water partition coefficient (Wildman–Crippen LogP) is -0.0956. The third-order valence-corrected chi connectivity index (χ3v) is 0.983. The van der Waals surface area contributed by atoms with Gasteiger partial charge in [-0.3, -0.25) is 4.79 Å². The van der Waals surface area contributed by atoms with Crippen LogP contribution in [0.25, 0.3) is 0 Å². The Labute approximate surface area is 59.7 Å². The molecule has 0 amide bonds. The normalized spacial score (nSPS) is 16.0. The number of rotatable bonds is 3. The fourth-order valence-corrected chi connectivity index (χ4v) is 0.294. The van der Waals surface area contributed by atoms with Crippen LogP contribution < -0.4 is 0 Å². The topological polar surface area (TPSA) is 55.8 Å². The molecule has 0 spiro atoms. The van der Waals surface area contributed by atoms with E-state index in [0.717, 1.165) is 0 Å². The van der Waals surface area contributed by atoms with Gasteiger partial charge >= 0.3 is 5.97 Å². The summed E-state index contributed by atoms with van der Waals surface area (Å²) in [5.41, 5.74) is 0. The van der Waals surface area contributed by atoms with Crippen molar-refractivity contribution in [3.63, 3.8) is 0 Å². The second-order valence-electron chi connectivity index (χ2n) is 2.16. The monoisotopic (exact) mass is 148 g/mol. The van der Waals surface area contributed by atoms with Gasteiger partial charge in [0.05, 0.1) is 0 Å². The summed E-state index contributed by atoms with van der Waals surface area (Å²) >= 11 is 0. The lowest BCUT2D eigenvalue weighted by molar-refractivity contribution is -0.206. The highest BCUT2D eigenvalue weighted by Gasteiger charge is 2.20. The molecular weight excluding hydrogens is 136 g/mol. The van der Waals surface area contributed by atoms with Crippen LogP contribution in [0.2, 0.25) is 0 Å². The van der Waals surface area contributed by atoms with Crippen molar-refractivity contribution in [3.05, 3.63) is 0 Å². The van der Waals surface area contributed by atoms with Gasteiger partial charge in [-0.05, 0) is 6.92 Å². The minimum atomic E-state index is -1.37. The van der Waals surface area contributed by atoms with Gasteiger partial charge in [0.25, 0.3) is 0 Å². The zero-order valence-corrected chi connectivity index (χ0v) is 6.38. The van der Waals surface area contributed by atoms with E-state index in [1.165, 1.54) is 21.0 Å². The average molecular weight is 148 g/mol. The molecule has 1 unspecified atom stereocenters. The van der Waals surface area contributed by atoms with Gasteiger partial charge in [-0.25, -0.2) is 0 Å². The van der Waals surface area contributed by atoms with Crippen LogP contribution in [0.1, 0.15) is 13.8 Å². The summed E-state index contributed by atoms with van der Waals surface area (Å²) < 4.78 is 9.05. The summed E-state index contributed by atoms with van der Waals surface area (Å²) in [4.78, 5) is 10.2. The number of methoxy groups -OCH3 is 1.